The summed E-state index contributed by atoms with van der Waals surface area (Å²) in [6.07, 6.45) is 3.96. The Morgan fingerprint density at radius 1 is 1.33 bits per heavy atom. The van der Waals surface area contributed by atoms with Gasteiger partial charge in [0.05, 0.1) is 14.2 Å². The zero-order valence-electron chi connectivity index (χ0n) is 12.6. The van der Waals surface area contributed by atoms with E-state index in [1.165, 1.54) is 0 Å². The van der Waals surface area contributed by atoms with E-state index in [1.54, 1.807) is 26.4 Å². The molecule has 0 saturated carbocycles. The second-order valence-corrected chi connectivity index (χ2v) is 5.54. The molecule has 1 aliphatic rings. The molecule has 1 amide bonds. The van der Waals surface area contributed by atoms with Crippen LogP contribution in [0.25, 0.3) is 0 Å². The minimum Gasteiger partial charge on any atom is -0.496 e. The van der Waals surface area contributed by atoms with Gasteiger partial charge in [0.25, 0.3) is 5.91 Å². The maximum Gasteiger partial charge on any atom is 0.261 e. The SMILES string of the molecule is COc1cccc(OC)c1C(=O)N1CCCC1CCCCl. The lowest BCUT2D eigenvalue weighted by Crippen LogP contribution is -2.36. The number of likely N-dealkylation sites (tertiary alicyclic amines) is 1. The number of nitrogens with zero attached hydrogens (tertiary/aromatic N) is 1. The van der Waals surface area contributed by atoms with Crippen molar-refractivity contribution in [2.45, 2.75) is 31.7 Å². The predicted octanol–water partition coefficient (Wildman–Crippen LogP) is 3.33. The zero-order chi connectivity index (χ0) is 15.2. The molecule has 0 bridgehead atoms. The number of alkyl halides is 1. The van der Waals surface area contributed by atoms with Crippen LogP contribution in [0.3, 0.4) is 0 Å². The highest BCUT2D eigenvalue weighted by Crippen LogP contribution is 2.32. The van der Waals surface area contributed by atoms with Gasteiger partial charge in [0.1, 0.15) is 17.1 Å². The molecule has 0 N–H and O–H groups in total. The third kappa shape index (κ3) is 3.43. The fraction of sp³-hybridized carbons (Fsp3) is 0.562. The number of methoxy groups -OCH3 is 2. The summed E-state index contributed by atoms with van der Waals surface area (Å²) < 4.78 is 10.7. The summed E-state index contributed by atoms with van der Waals surface area (Å²) in [6.45, 7) is 0.785. The summed E-state index contributed by atoms with van der Waals surface area (Å²) in [5, 5.41) is 0. The van der Waals surface area contributed by atoms with Crippen LogP contribution in [0.2, 0.25) is 0 Å². The van der Waals surface area contributed by atoms with Crippen LogP contribution in [0.5, 0.6) is 11.5 Å². The Bertz CT molecular complexity index is 470. The van der Waals surface area contributed by atoms with Crippen LogP contribution in [-0.2, 0) is 0 Å². The van der Waals surface area contributed by atoms with E-state index in [2.05, 4.69) is 0 Å². The molecule has 116 valence electrons. The third-order valence-electron chi connectivity index (χ3n) is 3.95. The van der Waals surface area contributed by atoms with Gasteiger partial charge in [0.2, 0.25) is 0 Å². The summed E-state index contributed by atoms with van der Waals surface area (Å²) in [4.78, 5) is 14.9. The van der Waals surface area contributed by atoms with E-state index >= 15 is 0 Å². The van der Waals surface area contributed by atoms with Crippen LogP contribution < -0.4 is 9.47 Å². The molecular weight excluding hydrogens is 290 g/mol. The molecule has 1 unspecified atom stereocenters. The number of amides is 1. The first-order valence-corrected chi connectivity index (χ1v) is 7.84. The molecular formula is C16H22ClNO3. The van der Waals surface area contributed by atoms with E-state index < -0.39 is 0 Å². The molecule has 1 aromatic carbocycles. The third-order valence-corrected chi connectivity index (χ3v) is 4.22. The van der Waals surface area contributed by atoms with Gasteiger partial charge in [-0.3, -0.25) is 4.79 Å². The Morgan fingerprint density at radius 3 is 2.57 bits per heavy atom. The van der Waals surface area contributed by atoms with Crippen LogP contribution in [0.15, 0.2) is 18.2 Å². The first-order chi connectivity index (χ1) is 10.2. The molecule has 1 heterocycles. The van der Waals surface area contributed by atoms with Gasteiger partial charge in [-0.15, -0.1) is 11.6 Å². The summed E-state index contributed by atoms with van der Waals surface area (Å²) in [5.41, 5.74) is 0.514. The Hall–Kier alpha value is -1.42. The molecule has 0 aliphatic carbocycles. The smallest absolute Gasteiger partial charge is 0.261 e. The van der Waals surface area contributed by atoms with Crippen molar-refractivity contribution in [2.24, 2.45) is 0 Å². The normalized spacial score (nSPS) is 17.9. The Morgan fingerprint density at radius 2 is 2.00 bits per heavy atom. The van der Waals surface area contributed by atoms with Gasteiger partial charge in [0.15, 0.2) is 0 Å². The van der Waals surface area contributed by atoms with E-state index in [0.29, 0.717) is 22.9 Å². The predicted molar refractivity (Wildman–Crippen MR) is 83.6 cm³/mol. The summed E-state index contributed by atoms with van der Waals surface area (Å²) in [7, 11) is 3.14. The largest absolute Gasteiger partial charge is 0.496 e. The van der Waals surface area contributed by atoms with Crippen LogP contribution in [-0.4, -0.2) is 43.5 Å². The Balaban J connectivity index is 2.26. The number of hydrogen-bond acceptors (Lipinski definition) is 3. The van der Waals surface area contributed by atoms with Gasteiger partial charge in [-0.05, 0) is 37.8 Å². The first-order valence-electron chi connectivity index (χ1n) is 7.30. The molecule has 2 rings (SSSR count). The van der Waals surface area contributed by atoms with Gasteiger partial charge in [0, 0.05) is 18.5 Å². The highest BCUT2D eigenvalue weighted by atomic mass is 35.5. The maximum atomic E-state index is 12.9. The Labute approximate surface area is 131 Å². The Kier molecular flexibility index (Phi) is 5.74. The van der Waals surface area contributed by atoms with Crippen molar-refractivity contribution in [1.29, 1.82) is 0 Å². The summed E-state index contributed by atoms with van der Waals surface area (Å²) >= 11 is 5.78. The zero-order valence-corrected chi connectivity index (χ0v) is 13.4. The number of carbonyl (C=O) groups excluding carboxylic acids is 1. The quantitative estimate of drug-likeness (QED) is 0.756. The molecule has 1 atom stereocenters. The van der Waals surface area contributed by atoms with Crippen LogP contribution in [0.1, 0.15) is 36.0 Å². The van der Waals surface area contributed by atoms with Crippen molar-refractivity contribution >= 4 is 17.5 Å². The van der Waals surface area contributed by atoms with Crippen molar-refractivity contribution in [3.05, 3.63) is 23.8 Å². The van der Waals surface area contributed by atoms with E-state index in [-0.39, 0.29) is 11.9 Å². The van der Waals surface area contributed by atoms with Gasteiger partial charge in [-0.25, -0.2) is 0 Å². The van der Waals surface area contributed by atoms with Crippen molar-refractivity contribution in [3.8, 4) is 11.5 Å². The fourth-order valence-electron chi connectivity index (χ4n) is 2.92. The van der Waals surface area contributed by atoms with Gasteiger partial charge >= 0.3 is 0 Å². The average molecular weight is 312 g/mol. The first kappa shape index (κ1) is 16.0. The van der Waals surface area contributed by atoms with Crippen LogP contribution >= 0.6 is 11.6 Å². The second kappa shape index (κ2) is 7.55. The molecule has 5 heteroatoms. The lowest BCUT2D eigenvalue weighted by atomic mass is 10.1. The summed E-state index contributed by atoms with van der Waals surface area (Å²) in [6, 6.07) is 5.67. The van der Waals surface area contributed by atoms with E-state index in [0.717, 1.165) is 32.2 Å². The van der Waals surface area contributed by atoms with E-state index in [4.69, 9.17) is 21.1 Å². The van der Waals surface area contributed by atoms with Crippen molar-refractivity contribution in [3.63, 3.8) is 0 Å². The molecule has 1 aromatic rings. The molecule has 0 spiro atoms. The minimum absolute atomic E-state index is 0.0126. The molecule has 0 radical (unpaired) electrons. The van der Waals surface area contributed by atoms with E-state index in [9.17, 15) is 4.79 Å². The number of ether oxygens (including phenoxy) is 2. The van der Waals surface area contributed by atoms with Crippen LogP contribution in [0.4, 0.5) is 0 Å². The number of hydrogen-bond donors (Lipinski definition) is 0. The molecule has 1 fully saturated rings. The number of benzene rings is 1. The lowest BCUT2D eigenvalue weighted by molar-refractivity contribution is 0.0723. The lowest BCUT2D eigenvalue weighted by Gasteiger charge is -2.26. The molecule has 1 aliphatic heterocycles. The standard InChI is InChI=1S/C16H22ClNO3/c1-20-13-8-3-9-14(21-2)15(13)16(19)18-11-5-7-12(18)6-4-10-17/h3,8-9,12H,4-7,10-11H2,1-2H3. The molecule has 21 heavy (non-hydrogen) atoms. The fourth-order valence-corrected chi connectivity index (χ4v) is 3.08. The molecule has 1 saturated heterocycles. The van der Waals surface area contributed by atoms with E-state index in [1.807, 2.05) is 11.0 Å². The molecule has 0 aromatic heterocycles. The topological polar surface area (TPSA) is 38.8 Å². The van der Waals surface area contributed by atoms with Crippen molar-refractivity contribution in [2.75, 3.05) is 26.6 Å². The van der Waals surface area contributed by atoms with Crippen molar-refractivity contribution in [1.82, 2.24) is 4.90 Å². The molecule has 4 nitrogen and oxygen atoms in total. The second-order valence-electron chi connectivity index (χ2n) is 5.16. The minimum atomic E-state index is -0.0126. The van der Waals surface area contributed by atoms with Crippen LogP contribution in [0, 0.1) is 0 Å². The summed E-state index contributed by atoms with van der Waals surface area (Å²) in [5.74, 6) is 1.74. The van der Waals surface area contributed by atoms with Gasteiger partial charge < -0.3 is 14.4 Å². The van der Waals surface area contributed by atoms with Gasteiger partial charge in [-0.1, -0.05) is 6.07 Å². The highest BCUT2D eigenvalue weighted by molar-refractivity contribution is 6.17. The average Bonchev–Trinajstić information content (AvgIpc) is 2.99. The highest BCUT2D eigenvalue weighted by Gasteiger charge is 2.32. The number of carbonyl (C=O) groups is 1. The number of rotatable bonds is 6. The van der Waals surface area contributed by atoms with Crippen molar-refractivity contribution < 1.29 is 14.3 Å². The van der Waals surface area contributed by atoms with Gasteiger partial charge in [-0.2, -0.15) is 0 Å². The monoisotopic (exact) mass is 311 g/mol. The maximum absolute atomic E-state index is 12.9. The number of halogens is 1.